The van der Waals surface area contributed by atoms with Crippen LogP contribution in [0.5, 0.6) is 0 Å². The summed E-state index contributed by atoms with van der Waals surface area (Å²) < 4.78 is 0. The van der Waals surface area contributed by atoms with Gasteiger partial charge in [-0.05, 0) is 43.7 Å². The third-order valence-corrected chi connectivity index (χ3v) is 5.44. The van der Waals surface area contributed by atoms with Gasteiger partial charge in [0.2, 0.25) is 0 Å². The van der Waals surface area contributed by atoms with Crippen LogP contribution in [0.2, 0.25) is 0 Å². The number of nitrogens with one attached hydrogen (secondary N) is 1. The van der Waals surface area contributed by atoms with Gasteiger partial charge in [-0.1, -0.05) is 26.2 Å². The summed E-state index contributed by atoms with van der Waals surface area (Å²) in [6, 6.07) is 7.41. The van der Waals surface area contributed by atoms with Crippen LogP contribution in [-0.4, -0.2) is 60.4 Å². The fourth-order valence-electron chi connectivity index (χ4n) is 3.73. The topological polar surface area (TPSA) is 52.7 Å². The summed E-state index contributed by atoms with van der Waals surface area (Å²) in [7, 11) is 0. The van der Waals surface area contributed by atoms with Gasteiger partial charge in [0, 0.05) is 43.3 Å². The lowest BCUT2D eigenvalue weighted by atomic mass is 9.95. The maximum Gasteiger partial charge on any atom is 0.253 e. The third kappa shape index (κ3) is 4.60. The Morgan fingerprint density at radius 2 is 1.56 bits per heavy atom. The van der Waals surface area contributed by atoms with Crippen LogP contribution in [-0.2, 0) is 0 Å². The van der Waals surface area contributed by atoms with Crippen LogP contribution < -0.4 is 5.32 Å². The molecule has 136 valence electrons. The number of amides is 2. The number of carbonyl (C=O) groups excluding carboxylic acids is 2. The summed E-state index contributed by atoms with van der Waals surface area (Å²) in [4.78, 5) is 29.2. The predicted octanol–water partition coefficient (Wildman–Crippen LogP) is 2.53. The van der Waals surface area contributed by atoms with Gasteiger partial charge in [-0.15, -0.1) is 0 Å². The Morgan fingerprint density at radius 1 is 0.960 bits per heavy atom. The highest BCUT2D eigenvalue weighted by Crippen LogP contribution is 2.18. The first kappa shape index (κ1) is 17.9. The molecule has 0 radical (unpaired) electrons. The Hall–Kier alpha value is -1.88. The van der Waals surface area contributed by atoms with Crippen molar-refractivity contribution < 1.29 is 9.59 Å². The molecule has 0 spiro atoms. The first-order chi connectivity index (χ1) is 12.2. The van der Waals surface area contributed by atoms with Crippen molar-refractivity contribution >= 4 is 11.8 Å². The Balaban J connectivity index is 1.56. The normalized spacial score (nSPS) is 19.6. The van der Waals surface area contributed by atoms with E-state index in [1.54, 1.807) is 24.3 Å². The molecule has 2 amide bonds. The van der Waals surface area contributed by atoms with Gasteiger partial charge in [0.25, 0.3) is 11.8 Å². The van der Waals surface area contributed by atoms with Crippen molar-refractivity contribution in [1.29, 1.82) is 0 Å². The van der Waals surface area contributed by atoms with E-state index < -0.39 is 0 Å². The van der Waals surface area contributed by atoms with Gasteiger partial charge in [-0.2, -0.15) is 0 Å². The average molecular weight is 343 g/mol. The van der Waals surface area contributed by atoms with Crippen molar-refractivity contribution in [2.45, 2.75) is 45.1 Å². The lowest BCUT2D eigenvalue weighted by Crippen LogP contribution is -2.48. The molecule has 1 saturated carbocycles. The fraction of sp³-hybridized carbons (Fsp3) is 0.600. The van der Waals surface area contributed by atoms with E-state index in [4.69, 9.17) is 0 Å². The quantitative estimate of drug-likeness (QED) is 0.914. The molecule has 1 saturated heterocycles. The minimum atomic E-state index is -0.0255. The van der Waals surface area contributed by atoms with E-state index in [-0.39, 0.29) is 11.8 Å². The number of piperazine rings is 1. The first-order valence-corrected chi connectivity index (χ1v) is 9.60. The fourth-order valence-corrected chi connectivity index (χ4v) is 3.73. The zero-order chi connectivity index (χ0) is 17.6. The van der Waals surface area contributed by atoms with Gasteiger partial charge in [-0.3, -0.25) is 9.59 Å². The van der Waals surface area contributed by atoms with Crippen LogP contribution in [0.15, 0.2) is 24.3 Å². The molecule has 1 aromatic carbocycles. The molecule has 0 atom stereocenters. The van der Waals surface area contributed by atoms with E-state index >= 15 is 0 Å². The zero-order valence-electron chi connectivity index (χ0n) is 15.2. The Morgan fingerprint density at radius 3 is 2.16 bits per heavy atom. The smallest absolute Gasteiger partial charge is 0.253 e. The third-order valence-electron chi connectivity index (χ3n) is 5.44. The van der Waals surface area contributed by atoms with E-state index in [9.17, 15) is 9.59 Å². The summed E-state index contributed by atoms with van der Waals surface area (Å²) in [5.41, 5.74) is 1.30. The summed E-state index contributed by atoms with van der Waals surface area (Å²) >= 11 is 0. The molecule has 2 fully saturated rings. The van der Waals surface area contributed by atoms with E-state index in [1.165, 1.54) is 19.3 Å². The Labute approximate surface area is 150 Å². The molecule has 0 bridgehead atoms. The molecule has 1 aromatic rings. The number of benzene rings is 1. The van der Waals surface area contributed by atoms with Crippen molar-refractivity contribution in [3.63, 3.8) is 0 Å². The summed E-state index contributed by atoms with van der Waals surface area (Å²) in [5, 5.41) is 3.12. The number of rotatable bonds is 4. The maximum atomic E-state index is 12.6. The molecule has 3 rings (SSSR count). The van der Waals surface area contributed by atoms with Crippen LogP contribution in [0.3, 0.4) is 0 Å². The molecule has 1 aliphatic carbocycles. The number of carbonyl (C=O) groups is 2. The second-order valence-corrected chi connectivity index (χ2v) is 7.11. The van der Waals surface area contributed by atoms with Crippen molar-refractivity contribution in [3.05, 3.63) is 35.4 Å². The number of nitrogens with zero attached hydrogens (tertiary/aromatic N) is 2. The summed E-state index contributed by atoms with van der Waals surface area (Å²) in [6.45, 7) is 6.60. The van der Waals surface area contributed by atoms with Crippen molar-refractivity contribution in [2.24, 2.45) is 0 Å². The van der Waals surface area contributed by atoms with Gasteiger partial charge in [0.15, 0.2) is 0 Å². The van der Waals surface area contributed by atoms with E-state index in [0.717, 1.165) is 45.6 Å². The standard InChI is InChI=1S/C20H29N3O2/c1-2-22-12-14-23(15-13-22)20(25)17-10-8-16(9-11-17)19(24)21-18-6-4-3-5-7-18/h8-11,18H,2-7,12-15H2,1H3,(H,21,24). The molecule has 1 N–H and O–H groups in total. The average Bonchev–Trinajstić information content (AvgIpc) is 2.68. The lowest BCUT2D eigenvalue weighted by molar-refractivity contribution is 0.0643. The highest BCUT2D eigenvalue weighted by atomic mass is 16.2. The predicted molar refractivity (Wildman–Crippen MR) is 98.8 cm³/mol. The molecule has 1 heterocycles. The Kier molecular flexibility index (Phi) is 6.08. The SMILES string of the molecule is CCN1CCN(C(=O)c2ccc(C(=O)NC3CCCCC3)cc2)CC1. The molecule has 0 unspecified atom stereocenters. The molecule has 5 nitrogen and oxygen atoms in total. The Bertz CT molecular complexity index is 585. The number of likely N-dealkylation sites (N-methyl/N-ethyl adjacent to an activating group) is 1. The van der Waals surface area contributed by atoms with Crippen LogP contribution in [0.1, 0.15) is 59.7 Å². The first-order valence-electron chi connectivity index (χ1n) is 9.60. The minimum Gasteiger partial charge on any atom is -0.349 e. The van der Waals surface area contributed by atoms with Crippen molar-refractivity contribution in [3.8, 4) is 0 Å². The summed E-state index contributed by atoms with van der Waals surface area (Å²) in [6.07, 6.45) is 5.82. The summed E-state index contributed by atoms with van der Waals surface area (Å²) in [5.74, 6) is 0.0393. The molecule has 1 aliphatic heterocycles. The largest absolute Gasteiger partial charge is 0.349 e. The molecule has 5 heteroatoms. The molecular weight excluding hydrogens is 314 g/mol. The number of hydrogen-bond acceptors (Lipinski definition) is 3. The van der Waals surface area contributed by atoms with Crippen LogP contribution in [0, 0.1) is 0 Å². The van der Waals surface area contributed by atoms with E-state index in [2.05, 4.69) is 17.1 Å². The maximum absolute atomic E-state index is 12.6. The minimum absolute atomic E-state index is 0.0255. The highest BCUT2D eigenvalue weighted by Gasteiger charge is 2.22. The van der Waals surface area contributed by atoms with Crippen molar-refractivity contribution in [2.75, 3.05) is 32.7 Å². The van der Waals surface area contributed by atoms with Crippen molar-refractivity contribution in [1.82, 2.24) is 15.1 Å². The van der Waals surface area contributed by atoms with Gasteiger partial charge < -0.3 is 15.1 Å². The van der Waals surface area contributed by atoms with Gasteiger partial charge in [-0.25, -0.2) is 0 Å². The van der Waals surface area contributed by atoms with Crippen LogP contribution in [0.4, 0.5) is 0 Å². The molecular formula is C20H29N3O2. The molecule has 2 aliphatic rings. The van der Waals surface area contributed by atoms with Gasteiger partial charge >= 0.3 is 0 Å². The van der Waals surface area contributed by atoms with Gasteiger partial charge in [0.05, 0.1) is 0 Å². The molecule has 25 heavy (non-hydrogen) atoms. The van der Waals surface area contributed by atoms with Gasteiger partial charge in [0.1, 0.15) is 0 Å². The lowest BCUT2D eigenvalue weighted by Gasteiger charge is -2.34. The zero-order valence-corrected chi connectivity index (χ0v) is 15.2. The highest BCUT2D eigenvalue weighted by molar-refractivity contribution is 5.98. The monoisotopic (exact) mass is 343 g/mol. The second-order valence-electron chi connectivity index (χ2n) is 7.11. The molecule has 0 aromatic heterocycles. The van der Waals surface area contributed by atoms with E-state index in [0.29, 0.717) is 17.2 Å². The van der Waals surface area contributed by atoms with Crippen LogP contribution in [0.25, 0.3) is 0 Å². The van der Waals surface area contributed by atoms with Crippen LogP contribution >= 0.6 is 0 Å². The van der Waals surface area contributed by atoms with E-state index in [1.807, 2.05) is 4.90 Å². The number of hydrogen-bond donors (Lipinski definition) is 1. The second kappa shape index (κ2) is 8.48.